The number of hydrazone groups is 1. The van der Waals surface area contributed by atoms with E-state index >= 15 is 0 Å². The van der Waals surface area contributed by atoms with Crippen molar-refractivity contribution in [2.45, 2.75) is 6.61 Å². The highest BCUT2D eigenvalue weighted by atomic mass is 79.9. The fourth-order valence-electron chi connectivity index (χ4n) is 3.07. The van der Waals surface area contributed by atoms with Crippen LogP contribution in [0.4, 0.5) is 5.69 Å². The highest BCUT2D eigenvalue weighted by Crippen LogP contribution is 2.35. The molecule has 0 aliphatic heterocycles. The van der Waals surface area contributed by atoms with Crippen LogP contribution in [0.25, 0.3) is 11.0 Å². The Labute approximate surface area is 228 Å². The summed E-state index contributed by atoms with van der Waals surface area (Å²) in [5.41, 5.74) is 4.35. The third kappa shape index (κ3) is 6.10. The van der Waals surface area contributed by atoms with Crippen LogP contribution in [0, 0.1) is 10.1 Å². The number of amides is 1. The number of hydrogen-bond donors (Lipinski definition) is 1. The molecule has 0 saturated heterocycles. The van der Waals surface area contributed by atoms with E-state index in [1.165, 1.54) is 18.3 Å². The molecule has 4 aromatic rings. The third-order valence-electron chi connectivity index (χ3n) is 4.69. The van der Waals surface area contributed by atoms with Gasteiger partial charge in [0.15, 0.2) is 11.5 Å². The SMILES string of the molecule is O=C(N/N=C\c1cc(Cl)c(OCc2ccc([N+](=O)[O-])cc2)c(Br)c1)c1cc2cc(Br)cc(Br)c2o1. The molecule has 0 unspecified atom stereocenters. The maximum Gasteiger partial charge on any atom is 0.307 e. The summed E-state index contributed by atoms with van der Waals surface area (Å²) in [6, 6.07) is 14.7. The molecule has 35 heavy (non-hydrogen) atoms. The van der Waals surface area contributed by atoms with Crippen molar-refractivity contribution in [3.8, 4) is 5.75 Å². The maximum atomic E-state index is 12.4. The largest absolute Gasteiger partial charge is 0.486 e. The lowest BCUT2D eigenvalue weighted by atomic mass is 10.2. The fourth-order valence-corrected chi connectivity index (χ4v) is 5.40. The normalized spacial score (nSPS) is 11.2. The van der Waals surface area contributed by atoms with Gasteiger partial charge in [-0.05, 0) is 85.5 Å². The van der Waals surface area contributed by atoms with E-state index in [1.54, 1.807) is 30.3 Å². The van der Waals surface area contributed by atoms with Crippen molar-refractivity contribution < 1.29 is 18.9 Å². The van der Waals surface area contributed by atoms with Crippen LogP contribution in [0.1, 0.15) is 21.7 Å². The molecule has 1 aromatic heterocycles. The molecule has 1 heterocycles. The van der Waals surface area contributed by atoms with Gasteiger partial charge in [-0.1, -0.05) is 27.5 Å². The number of hydrogen-bond acceptors (Lipinski definition) is 6. The highest BCUT2D eigenvalue weighted by Gasteiger charge is 2.15. The number of rotatable bonds is 7. The molecular weight excluding hydrogens is 673 g/mol. The molecular formula is C23H13Br3ClN3O5. The minimum atomic E-state index is -0.506. The Kier molecular flexibility index (Phi) is 7.90. The van der Waals surface area contributed by atoms with E-state index in [0.717, 1.165) is 19.9 Å². The van der Waals surface area contributed by atoms with E-state index in [4.69, 9.17) is 20.8 Å². The number of nitro groups is 1. The zero-order chi connectivity index (χ0) is 25.1. The van der Waals surface area contributed by atoms with Crippen molar-refractivity contribution in [1.82, 2.24) is 5.43 Å². The number of benzene rings is 3. The fraction of sp³-hybridized carbons (Fsp3) is 0.0435. The van der Waals surface area contributed by atoms with Crippen LogP contribution >= 0.6 is 59.4 Å². The van der Waals surface area contributed by atoms with Crippen molar-refractivity contribution in [2.75, 3.05) is 0 Å². The predicted octanol–water partition coefficient (Wildman–Crippen LogP) is 7.62. The molecule has 0 aliphatic rings. The summed E-state index contributed by atoms with van der Waals surface area (Å²) in [5, 5.41) is 15.8. The maximum absolute atomic E-state index is 12.4. The Morgan fingerprint density at radius 3 is 2.54 bits per heavy atom. The minimum Gasteiger partial charge on any atom is -0.486 e. The second-order valence-corrected chi connectivity index (χ2v) is 10.2. The summed E-state index contributed by atoms with van der Waals surface area (Å²) < 4.78 is 13.5. The number of non-ortho nitro benzene ring substituents is 1. The van der Waals surface area contributed by atoms with Gasteiger partial charge in [-0.15, -0.1) is 0 Å². The number of fused-ring (bicyclic) bond motifs is 1. The van der Waals surface area contributed by atoms with E-state index in [9.17, 15) is 14.9 Å². The van der Waals surface area contributed by atoms with Gasteiger partial charge in [0.25, 0.3) is 5.69 Å². The van der Waals surface area contributed by atoms with Crippen LogP contribution in [0.3, 0.4) is 0 Å². The molecule has 0 spiro atoms. The van der Waals surface area contributed by atoms with Crippen molar-refractivity contribution in [2.24, 2.45) is 5.10 Å². The van der Waals surface area contributed by atoms with Crippen LogP contribution in [0.15, 0.2) is 77.5 Å². The number of nitrogens with one attached hydrogen (secondary N) is 1. The summed E-state index contributed by atoms with van der Waals surface area (Å²) in [6.07, 6.45) is 1.43. The van der Waals surface area contributed by atoms with Crippen molar-refractivity contribution in [1.29, 1.82) is 0 Å². The van der Waals surface area contributed by atoms with Gasteiger partial charge in [-0.3, -0.25) is 14.9 Å². The number of nitro benzene ring substituents is 1. The lowest BCUT2D eigenvalue weighted by Gasteiger charge is -2.11. The standard InChI is InChI=1S/C23H13Br3ClN3O5/c24-15-7-14-8-20(35-21(14)18(26)9-15)23(31)29-28-10-13-5-17(25)22(19(27)6-13)34-11-12-1-3-16(4-2-12)30(32)33/h1-10H,11H2,(H,29,31)/b28-10-. The predicted molar refractivity (Wildman–Crippen MR) is 143 cm³/mol. The van der Waals surface area contributed by atoms with Crippen LogP contribution < -0.4 is 10.2 Å². The van der Waals surface area contributed by atoms with E-state index in [-0.39, 0.29) is 18.1 Å². The van der Waals surface area contributed by atoms with Crippen LogP contribution in [-0.4, -0.2) is 17.0 Å². The first-order valence-corrected chi connectivity index (χ1v) is 12.5. The summed E-state index contributed by atoms with van der Waals surface area (Å²) in [6.45, 7) is 0.171. The van der Waals surface area contributed by atoms with Gasteiger partial charge in [0, 0.05) is 22.0 Å². The Morgan fingerprint density at radius 2 is 1.86 bits per heavy atom. The van der Waals surface area contributed by atoms with Crippen LogP contribution in [0.2, 0.25) is 5.02 Å². The lowest BCUT2D eigenvalue weighted by molar-refractivity contribution is -0.384. The van der Waals surface area contributed by atoms with Gasteiger partial charge in [0.05, 0.1) is 25.1 Å². The summed E-state index contributed by atoms with van der Waals surface area (Å²) in [5.74, 6) is 0.0176. The monoisotopic (exact) mass is 683 g/mol. The third-order valence-corrected chi connectivity index (χ3v) is 6.61. The van der Waals surface area contributed by atoms with E-state index < -0.39 is 10.8 Å². The topological polar surface area (TPSA) is 107 Å². The number of carbonyl (C=O) groups is 1. The molecule has 1 amide bonds. The number of carbonyl (C=O) groups excluding carboxylic acids is 1. The molecule has 0 fully saturated rings. The number of nitrogens with zero attached hydrogens (tertiary/aromatic N) is 2. The van der Waals surface area contributed by atoms with E-state index in [0.29, 0.717) is 26.4 Å². The second kappa shape index (κ2) is 10.9. The first-order chi connectivity index (χ1) is 16.7. The molecule has 178 valence electrons. The first-order valence-electron chi connectivity index (χ1n) is 9.78. The molecule has 0 radical (unpaired) electrons. The molecule has 12 heteroatoms. The first kappa shape index (κ1) is 25.4. The quantitative estimate of drug-likeness (QED) is 0.122. The number of halogens is 4. The molecule has 4 rings (SSSR count). The summed E-state index contributed by atoms with van der Waals surface area (Å²) in [4.78, 5) is 22.7. The zero-order valence-corrected chi connectivity index (χ0v) is 22.9. The van der Waals surface area contributed by atoms with Crippen molar-refractivity contribution in [3.05, 3.63) is 100 Å². The summed E-state index contributed by atoms with van der Waals surface area (Å²) in [7, 11) is 0. The zero-order valence-electron chi connectivity index (χ0n) is 17.4. The second-order valence-electron chi connectivity index (χ2n) is 7.14. The Bertz CT molecular complexity index is 1450. The molecule has 0 aliphatic carbocycles. The average molecular weight is 687 g/mol. The van der Waals surface area contributed by atoms with Crippen molar-refractivity contribution in [3.63, 3.8) is 0 Å². The molecule has 1 N–H and O–H groups in total. The Hall–Kier alpha value is -2.73. The Balaban J connectivity index is 1.40. The molecule has 0 atom stereocenters. The van der Waals surface area contributed by atoms with Crippen LogP contribution in [0.5, 0.6) is 5.75 Å². The highest BCUT2D eigenvalue weighted by molar-refractivity contribution is 9.11. The van der Waals surface area contributed by atoms with Gasteiger partial charge < -0.3 is 9.15 Å². The Morgan fingerprint density at radius 1 is 1.11 bits per heavy atom. The van der Waals surface area contributed by atoms with Gasteiger partial charge in [0.2, 0.25) is 0 Å². The van der Waals surface area contributed by atoms with Crippen molar-refractivity contribution >= 4 is 88.2 Å². The molecule has 3 aromatic carbocycles. The molecule has 8 nitrogen and oxygen atoms in total. The van der Waals surface area contributed by atoms with Gasteiger partial charge in [0.1, 0.15) is 12.2 Å². The number of ether oxygens (including phenoxy) is 1. The number of furan rings is 1. The smallest absolute Gasteiger partial charge is 0.307 e. The van der Waals surface area contributed by atoms with E-state index in [1.807, 2.05) is 12.1 Å². The van der Waals surface area contributed by atoms with E-state index in [2.05, 4.69) is 58.3 Å². The average Bonchev–Trinajstić information content (AvgIpc) is 3.23. The van der Waals surface area contributed by atoms with Crippen LogP contribution in [-0.2, 0) is 6.61 Å². The van der Waals surface area contributed by atoms with Gasteiger partial charge in [-0.25, -0.2) is 5.43 Å². The minimum absolute atomic E-state index is 0.00459. The lowest BCUT2D eigenvalue weighted by Crippen LogP contribution is -2.16. The molecule has 0 saturated carbocycles. The van der Waals surface area contributed by atoms with Gasteiger partial charge >= 0.3 is 5.91 Å². The summed E-state index contributed by atoms with van der Waals surface area (Å²) >= 11 is 16.6. The molecule has 0 bridgehead atoms. The van der Waals surface area contributed by atoms with Gasteiger partial charge in [-0.2, -0.15) is 5.10 Å².